The SMILES string of the molecule is C=CC=C.CC1=NNC2C=C(N3C(=O)OC(C)(C)C3c3ccccc3)C=CN12. The second-order valence-corrected chi connectivity index (χ2v) is 7.17. The molecule has 6 nitrogen and oxygen atoms in total. The monoisotopic (exact) mass is 378 g/mol. The smallest absolute Gasteiger partial charge is 0.415 e. The number of cyclic esters (lactones) is 1. The first-order valence-corrected chi connectivity index (χ1v) is 9.18. The highest BCUT2D eigenvalue weighted by Gasteiger charge is 2.50. The number of hydrogen-bond donors (Lipinski definition) is 1. The van der Waals surface area contributed by atoms with Gasteiger partial charge in [-0.15, -0.1) is 0 Å². The molecule has 1 saturated heterocycles. The Kier molecular flexibility index (Phi) is 5.40. The van der Waals surface area contributed by atoms with Gasteiger partial charge < -0.3 is 9.64 Å². The molecule has 4 rings (SSSR count). The van der Waals surface area contributed by atoms with E-state index in [1.54, 1.807) is 17.1 Å². The van der Waals surface area contributed by atoms with E-state index in [1.165, 1.54) is 0 Å². The molecule has 1 N–H and O–H groups in total. The van der Waals surface area contributed by atoms with Crippen LogP contribution in [-0.4, -0.2) is 33.5 Å². The van der Waals surface area contributed by atoms with Gasteiger partial charge in [0, 0.05) is 11.9 Å². The molecule has 0 aliphatic carbocycles. The number of amidine groups is 1. The number of hydrazone groups is 1. The summed E-state index contributed by atoms with van der Waals surface area (Å²) in [5.74, 6) is 0.899. The summed E-state index contributed by atoms with van der Waals surface area (Å²) in [6, 6.07) is 9.81. The second kappa shape index (κ2) is 7.76. The molecule has 3 heterocycles. The van der Waals surface area contributed by atoms with Crippen LogP contribution in [0.3, 0.4) is 0 Å². The number of ether oxygens (including phenoxy) is 1. The highest BCUT2D eigenvalue weighted by molar-refractivity contribution is 5.83. The molecule has 1 aromatic rings. The van der Waals surface area contributed by atoms with Gasteiger partial charge in [0.2, 0.25) is 0 Å². The van der Waals surface area contributed by atoms with Gasteiger partial charge in [0.1, 0.15) is 23.6 Å². The number of carbonyl (C=O) groups is 1. The average molecular weight is 378 g/mol. The Bertz CT molecular complexity index is 849. The van der Waals surface area contributed by atoms with Crippen LogP contribution in [0.15, 0.2) is 84.8 Å². The number of fused-ring (bicyclic) bond motifs is 1. The van der Waals surface area contributed by atoms with Crippen LogP contribution in [0.2, 0.25) is 0 Å². The van der Waals surface area contributed by atoms with Gasteiger partial charge in [0.05, 0.1) is 0 Å². The molecule has 28 heavy (non-hydrogen) atoms. The van der Waals surface area contributed by atoms with Gasteiger partial charge in [-0.1, -0.05) is 55.6 Å². The van der Waals surface area contributed by atoms with Crippen LogP contribution in [0.1, 0.15) is 32.4 Å². The Labute approximate surface area is 166 Å². The standard InChI is InChI=1S/C18H20N4O2.C4H6/c1-12-19-20-15-11-14(9-10-21(12)15)22-16(13-7-5-4-6-8-13)18(2,3)24-17(22)23;1-3-4-2/h4-11,15-16,20H,1-3H3;3-4H,1-2H2. The fraction of sp³-hybridized carbons (Fsp3) is 0.273. The lowest BCUT2D eigenvalue weighted by atomic mass is 9.91. The van der Waals surface area contributed by atoms with Gasteiger partial charge in [-0.2, -0.15) is 5.10 Å². The van der Waals surface area contributed by atoms with Crippen molar-refractivity contribution in [3.8, 4) is 0 Å². The lowest BCUT2D eigenvalue weighted by Gasteiger charge is -2.32. The predicted molar refractivity (Wildman–Crippen MR) is 111 cm³/mol. The molecule has 0 spiro atoms. The summed E-state index contributed by atoms with van der Waals surface area (Å²) in [5, 5.41) is 4.23. The molecular formula is C22H26N4O2. The van der Waals surface area contributed by atoms with E-state index in [0.29, 0.717) is 0 Å². The minimum absolute atomic E-state index is 0.0714. The third kappa shape index (κ3) is 3.58. The Morgan fingerprint density at radius 3 is 2.54 bits per heavy atom. The first-order chi connectivity index (χ1) is 13.4. The zero-order chi connectivity index (χ0) is 20.3. The maximum absolute atomic E-state index is 12.6. The predicted octanol–water partition coefficient (Wildman–Crippen LogP) is 4.29. The molecule has 2 atom stereocenters. The molecule has 2 unspecified atom stereocenters. The summed E-state index contributed by atoms with van der Waals surface area (Å²) in [6.07, 6.45) is 8.76. The van der Waals surface area contributed by atoms with Crippen molar-refractivity contribution in [2.45, 2.75) is 38.6 Å². The van der Waals surface area contributed by atoms with E-state index >= 15 is 0 Å². The minimum atomic E-state index is -0.611. The van der Waals surface area contributed by atoms with Crippen LogP contribution >= 0.6 is 0 Å². The Morgan fingerprint density at radius 2 is 1.89 bits per heavy atom. The van der Waals surface area contributed by atoms with Crippen molar-refractivity contribution in [2.24, 2.45) is 5.10 Å². The largest absolute Gasteiger partial charge is 0.441 e. The van der Waals surface area contributed by atoms with Crippen LogP contribution in [-0.2, 0) is 4.74 Å². The van der Waals surface area contributed by atoms with Gasteiger partial charge >= 0.3 is 6.09 Å². The molecule has 0 saturated carbocycles. The van der Waals surface area contributed by atoms with E-state index in [1.807, 2.05) is 74.4 Å². The first-order valence-electron chi connectivity index (χ1n) is 9.18. The molecule has 0 bridgehead atoms. The van der Waals surface area contributed by atoms with Crippen LogP contribution < -0.4 is 5.43 Å². The molecular weight excluding hydrogens is 352 g/mol. The number of rotatable bonds is 3. The second-order valence-electron chi connectivity index (χ2n) is 7.17. The van der Waals surface area contributed by atoms with Crippen molar-refractivity contribution in [1.82, 2.24) is 15.2 Å². The third-order valence-corrected chi connectivity index (χ3v) is 4.79. The van der Waals surface area contributed by atoms with E-state index in [-0.39, 0.29) is 18.3 Å². The van der Waals surface area contributed by atoms with Crippen LogP contribution in [0.25, 0.3) is 0 Å². The van der Waals surface area contributed by atoms with Gasteiger partial charge in [-0.25, -0.2) is 4.79 Å². The fourth-order valence-corrected chi connectivity index (χ4v) is 3.52. The number of nitrogens with zero attached hydrogens (tertiary/aromatic N) is 3. The van der Waals surface area contributed by atoms with E-state index in [2.05, 4.69) is 23.7 Å². The minimum Gasteiger partial charge on any atom is -0.441 e. The summed E-state index contributed by atoms with van der Waals surface area (Å²) in [5.41, 5.74) is 4.32. The Hall–Kier alpha value is -3.28. The van der Waals surface area contributed by atoms with Crippen molar-refractivity contribution < 1.29 is 9.53 Å². The van der Waals surface area contributed by atoms with Crippen molar-refractivity contribution in [2.75, 3.05) is 0 Å². The maximum atomic E-state index is 12.6. The van der Waals surface area contributed by atoms with Gasteiger partial charge in [-0.05, 0) is 38.5 Å². The number of hydrogen-bond acceptors (Lipinski definition) is 5. The highest BCUT2D eigenvalue weighted by Crippen LogP contribution is 2.44. The first kappa shape index (κ1) is 19.5. The van der Waals surface area contributed by atoms with Crippen LogP contribution in [0, 0.1) is 0 Å². The fourth-order valence-electron chi connectivity index (χ4n) is 3.52. The van der Waals surface area contributed by atoms with Crippen LogP contribution in [0.5, 0.6) is 0 Å². The summed E-state index contributed by atoms with van der Waals surface area (Å²) in [4.78, 5) is 16.4. The molecule has 1 aromatic carbocycles. The van der Waals surface area contributed by atoms with Crippen molar-refractivity contribution in [3.63, 3.8) is 0 Å². The molecule has 1 amide bonds. The summed E-state index contributed by atoms with van der Waals surface area (Å²) in [6.45, 7) is 12.6. The van der Waals surface area contributed by atoms with Crippen LogP contribution in [0.4, 0.5) is 4.79 Å². The molecule has 146 valence electrons. The van der Waals surface area contributed by atoms with Crippen molar-refractivity contribution in [3.05, 3.63) is 85.3 Å². The van der Waals surface area contributed by atoms with E-state index in [4.69, 9.17) is 4.74 Å². The van der Waals surface area contributed by atoms with E-state index in [9.17, 15) is 4.79 Å². The molecule has 1 fully saturated rings. The zero-order valence-electron chi connectivity index (χ0n) is 16.5. The number of nitrogens with one attached hydrogen (secondary N) is 1. The number of amides is 1. The number of carbonyl (C=O) groups excluding carboxylic acids is 1. The van der Waals surface area contributed by atoms with E-state index in [0.717, 1.165) is 17.1 Å². The summed E-state index contributed by atoms with van der Waals surface area (Å²) >= 11 is 0. The molecule has 0 radical (unpaired) electrons. The Morgan fingerprint density at radius 1 is 1.21 bits per heavy atom. The topological polar surface area (TPSA) is 57.2 Å². The normalized spacial score (nSPS) is 24.2. The number of benzene rings is 1. The molecule has 6 heteroatoms. The van der Waals surface area contributed by atoms with E-state index < -0.39 is 5.60 Å². The van der Waals surface area contributed by atoms with Gasteiger partial charge in [0.15, 0.2) is 0 Å². The molecule has 3 aliphatic heterocycles. The van der Waals surface area contributed by atoms with Crippen molar-refractivity contribution >= 4 is 11.9 Å². The van der Waals surface area contributed by atoms with Gasteiger partial charge in [-0.3, -0.25) is 10.3 Å². The van der Waals surface area contributed by atoms with Crippen molar-refractivity contribution in [1.29, 1.82) is 0 Å². The summed E-state index contributed by atoms with van der Waals surface area (Å²) in [7, 11) is 0. The average Bonchev–Trinajstić information content (AvgIpc) is 3.17. The maximum Gasteiger partial charge on any atom is 0.415 e. The number of allylic oxidation sites excluding steroid dienone is 3. The lowest BCUT2D eigenvalue weighted by molar-refractivity contribution is 0.0678. The Balaban J connectivity index is 0.000000516. The lowest BCUT2D eigenvalue weighted by Crippen LogP contribution is -2.39. The molecule has 3 aliphatic rings. The van der Waals surface area contributed by atoms with Gasteiger partial charge in [0.25, 0.3) is 0 Å². The quantitative estimate of drug-likeness (QED) is 0.797. The zero-order valence-corrected chi connectivity index (χ0v) is 16.5. The molecule has 0 aromatic heterocycles. The highest BCUT2D eigenvalue weighted by atomic mass is 16.6. The third-order valence-electron chi connectivity index (χ3n) is 4.79. The summed E-state index contributed by atoms with van der Waals surface area (Å²) < 4.78 is 5.66.